The molecule has 104 valence electrons. The van der Waals surface area contributed by atoms with Gasteiger partial charge in [-0.05, 0) is 13.8 Å². The van der Waals surface area contributed by atoms with Crippen LogP contribution in [0.15, 0.2) is 0 Å². The molecule has 1 aromatic rings. The van der Waals surface area contributed by atoms with Crippen LogP contribution in [0.1, 0.15) is 28.2 Å². The summed E-state index contributed by atoms with van der Waals surface area (Å²) in [7, 11) is 1.74. The molecule has 1 saturated heterocycles. The first-order valence-corrected chi connectivity index (χ1v) is 6.01. The van der Waals surface area contributed by atoms with Crippen molar-refractivity contribution in [2.45, 2.75) is 25.8 Å². The quantitative estimate of drug-likeness (QED) is 0.804. The molecule has 7 heteroatoms. The van der Waals surface area contributed by atoms with Gasteiger partial charge in [-0.1, -0.05) is 0 Å². The Labute approximate surface area is 110 Å². The van der Waals surface area contributed by atoms with E-state index in [1.165, 1.54) is 0 Å². The van der Waals surface area contributed by atoms with Gasteiger partial charge in [0.15, 0.2) is 5.54 Å². The van der Waals surface area contributed by atoms with Gasteiger partial charge in [0.1, 0.15) is 0 Å². The van der Waals surface area contributed by atoms with Gasteiger partial charge in [-0.2, -0.15) is 5.10 Å². The predicted molar refractivity (Wildman–Crippen MR) is 66.0 cm³/mol. The lowest BCUT2D eigenvalue weighted by atomic mass is 9.98. The molecule has 0 radical (unpaired) electrons. The van der Waals surface area contributed by atoms with Crippen molar-refractivity contribution < 1.29 is 19.4 Å². The number of aromatic nitrogens is 2. The van der Waals surface area contributed by atoms with Gasteiger partial charge in [-0.3, -0.25) is 9.48 Å². The molecule has 0 aromatic carbocycles. The summed E-state index contributed by atoms with van der Waals surface area (Å²) in [5.74, 6) is -1.49. The van der Waals surface area contributed by atoms with Gasteiger partial charge in [-0.25, -0.2) is 4.79 Å². The van der Waals surface area contributed by atoms with E-state index >= 15 is 0 Å². The molecule has 1 atom stereocenters. The minimum atomic E-state index is -1.33. The van der Waals surface area contributed by atoms with Crippen LogP contribution in [-0.4, -0.2) is 45.5 Å². The van der Waals surface area contributed by atoms with E-state index in [0.29, 0.717) is 23.6 Å². The second-order valence-corrected chi connectivity index (χ2v) is 4.81. The van der Waals surface area contributed by atoms with E-state index < -0.39 is 17.4 Å². The van der Waals surface area contributed by atoms with E-state index in [4.69, 9.17) is 4.74 Å². The number of aryl methyl sites for hydroxylation is 2. The molecule has 1 aromatic heterocycles. The number of carboxylic acid groups (broad SMARTS) is 1. The highest BCUT2D eigenvalue weighted by Crippen LogP contribution is 2.21. The highest BCUT2D eigenvalue weighted by molar-refractivity contribution is 5.99. The van der Waals surface area contributed by atoms with Crippen LogP contribution in [0.25, 0.3) is 0 Å². The molecular weight excluding hydrogens is 250 g/mol. The van der Waals surface area contributed by atoms with Crippen molar-refractivity contribution in [2.24, 2.45) is 7.05 Å². The molecule has 0 saturated carbocycles. The molecule has 2 heterocycles. The number of carbonyl (C=O) groups is 2. The molecule has 0 spiro atoms. The number of rotatable bonds is 3. The van der Waals surface area contributed by atoms with Crippen molar-refractivity contribution in [2.75, 3.05) is 13.2 Å². The molecule has 1 amide bonds. The lowest BCUT2D eigenvalue weighted by Gasteiger charge is -2.23. The number of aliphatic carboxylic acids is 1. The zero-order valence-corrected chi connectivity index (χ0v) is 11.2. The molecule has 7 nitrogen and oxygen atoms in total. The number of carboxylic acids is 1. The van der Waals surface area contributed by atoms with Gasteiger partial charge >= 0.3 is 5.97 Å². The summed E-state index contributed by atoms with van der Waals surface area (Å²) in [5.41, 5.74) is 0.382. The van der Waals surface area contributed by atoms with Crippen LogP contribution in [0.5, 0.6) is 0 Å². The molecule has 1 aliphatic rings. The van der Waals surface area contributed by atoms with Crippen LogP contribution < -0.4 is 5.32 Å². The van der Waals surface area contributed by atoms with E-state index in [-0.39, 0.29) is 13.0 Å². The first-order chi connectivity index (χ1) is 8.87. The molecule has 1 aliphatic heterocycles. The van der Waals surface area contributed by atoms with Crippen LogP contribution in [-0.2, 0) is 16.6 Å². The number of amides is 1. The maximum Gasteiger partial charge on any atom is 0.331 e. The van der Waals surface area contributed by atoms with Crippen LogP contribution in [0.2, 0.25) is 0 Å². The van der Waals surface area contributed by atoms with E-state index in [2.05, 4.69) is 10.4 Å². The van der Waals surface area contributed by atoms with Gasteiger partial charge in [0.2, 0.25) is 0 Å². The summed E-state index contributed by atoms with van der Waals surface area (Å²) in [6, 6.07) is 0. The summed E-state index contributed by atoms with van der Waals surface area (Å²) in [6.07, 6.45) is 0.270. The summed E-state index contributed by atoms with van der Waals surface area (Å²) in [5, 5.41) is 16.0. The molecule has 1 unspecified atom stereocenters. The Morgan fingerprint density at radius 1 is 1.47 bits per heavy atom. The molecule has 2 rings (SSSR count). The lowest BCUT2D eigenvalue weighted by molar-refractivity contribution is -0.144. The first-order valence-electron chi connectivity index (χ1n) is 6.01. The molecule has 19 heavy (non-hydrogen) atoms. The monoisotopic (exact) mass is 267 g/mol. The maximum absolute atomic E-state index is 12.3. The normalized spacial score (nSPS) is 22.5. The molecule has 0 aliphatic carbocycles. The number of ether oxygens (including phenoxy) is 1. The Kier molecular flexibility index (Phi) is 3.32. The second kappa shape index (κ2) is 4.65. The second-order valence-electron chi connectivity index (χ2n) is 4.81. The topological polar surface area (TPSA) is 93.5 Å². The summed E-state index contributed by atoms with van der Waals surface area (Å²) < 4.78 is 6.71. The zero-order valence-electron chi connectivity index (χ0n) is 11.2. The van der Waals surface area contributed by atoms with Gasteiger partial charge in [0, 0.05) is 25.8 Å². The van der Waals surface area contributed by atoms with Crippen molar-refractivity contribution in [3.8, 4) is 0 Å². The van der Waals surface area contributed by atoms with Crippen molar-refractivity contribution in [1.29, 1.82) is 0 Å². The third-order valence-electron chi connectivity index (χ3n) is 3.52. The summed E-state index contributed by atoms with van der Waals surface area (Å²) in [4.78, 5) is 23.6. The zero-order chi connectivity index (χ0) is 14.2. The van der Waals surface area contributed by atoms with Crippen LogP contribution in [0, 0.1) is 13.8 Å². The third kappa shape index (κ3) is 2.21. The highest BCUT2D eigenvalue weighted by Gasteiger charge is 2.44. The maximum atomic E-state index is 12.3. The van der Waals surface area contributed by atoms with Crippen LogP contribution >= 0.6 is 0 Å². The number of nitrogens with zero attached hydrogens (tertiary/aromatic N) is 2. The van der Waals surface area contributed by atoms with Crippen molar-refractivity contribution in [3.05, 3.63) is 17.0 Å². The fourth-order valence-electron chi connectivity index (χ4n) is 2.27. The molecule has 1 fully saturated rings. The number of hydrogen-bond donors (Lipinski definition) is 2. The Hall–Kier alpha value is -1.89. The van der Waals surface area contributed by atoms with E-state index in [1.807, 2.05) is 0 Å². The smallest absolute Gasteiger partial charge is 0.331 e. The highest BCUT2D eigenvalue weighted by atomic mass is 16.5. The number of carbonyl (C=O) groups excluding carboxylic acids is 1. The van der Waals surface area contributed by atoms with Crippen molar-refractivity contribution in [1.82, 2.24) is 15.1 Å². The average Bonchev–Trinajstić information content (AvgIpc) is 2.86. The average molecular weight is 267 g/mol. The van der Waals surface area contributed by atoms with E-state index in [1.54, 1.807) is 25.6 Å². The number of hydrogen-bond acceptors (Lipinski definition) is 4. The van der Waals surface area contributed by atoms with Crippen LogP contribution in [0.4, 0.5) is 0 Å². The molecule has 0 bridgehead atoms. The van der Waals surface area contributed by atoms with Crippen molar-refractivity contribution in [3.63, 3.8) is 0 Å². The minimum Gasteiger partial charge on any atom is -0.479 e. The lowest BCUT2D eigenvalue weighted by Crippen LogP contribution is -2.55. The minimum absolute atomic E-state index is 0.00751. The van der Waals surface area contributed by atoms with E-state index in [0.717, 1.165) is 0 Å². The fourth-order valence-corrected chi connectivity index (χ4v) is 2.27. The van der Waals surface area contributed by atoms with Gasteiger partial charge in [-0.15, -0.1) is 0 Å². The van der Waals surface area contributed by atoms with E-state index in [9.17, 15) is 14.7 Å². The predicted octanol–water partition coefficient (Wildman–Crippen LogP) is 0.0104. The third-order valence-corrected chi connectivity index (χ3v) is 3.52. The van der Waals surface area contributed by atoms with Gasteiger partial charge < -0.3 is 15.2 Å². The largest absolute Gasteiger partial charge is 0.479 e. The summed E-state index contributed by atoms with van der Waals surface area (Å²) in [6.45, 7) is 3.82. The number of nitrogens with one attached hydrogen (secondary N) is 1. The van der Waals surface area contributed by atoms with Crippen LogP contribution in [0.3, 0.4) is 0 Å². The SMILES string of the molecule is Cc1nn(C)c(C)c1C(=O)NC1(C(=O)O)CCOC1. The fraction of sp³-hybridized carbons (Fsp3) is 0.583. The molecular formula is C12H17N3O4. The first kappa shape index (κ1) is 13.5. The summed E-state index contributed by atoms with van der Waals surface area (Å²) >= 11 is 0. The van der Waals surface area contributed by atoms with Gasteiger partial charge in [0.05, 0.1) is 17.9 Å². The van der Waals surface area contributed by atoms with Gasteiger partial charge in [0.25, 0.3) is 5.91 Å². The Morgan fingerprint density at radius 3 is 2.58 bits per heavy atom. The standard InChI is InChI=1S/C12H17N3O4/c1-7-9(8(2)15(3)14-7)10(16)13-12(11(17)18)4-5-19-6-12/h4-6H2,1-3H3,(H,13,16)(H,17,18). The Balaban J connectivity index is 2.28. The molecule has 2 N–H and O–H groups in total. The Bertz CT molecular complexity index is 529. The Morgan fingerprint density at radius 2 is 2.16 bits per heavy atom. The van der Waals surface area contributed by atoms with Crippen molar-refractivity contribution >= 4 is 11.9 Å².